The van der Waals surface area contributed by atoms with Crippen LogP contribution in [0.15, 0.2) is 18.2 Å². The van der Waals surface area contributed by atoms with Crippen molar-refractivity contribution in [2.45, 2.75) is 45.8 Å². The molecule has 4 nitrogen and oxygen atoms in total. The molecule has 0 heterocycles. The molecule has 0 radical (unpaired) electrons. The van der Waals surface area contributed by atoms with E-state index in [-0.39, 0.29) is 28.1 Å². The summed E-state index contributed by atoms with van der Waals surface area (Å²) < 4.78 is 5.78. The van der Waals surface area contributed by atoms with Crippen LogP contribution in [0.1, 0.15) is 44.0 Å². The van der Waals surface area contributed by atoms with E-state index in [1.807, 2.05) is 13.0 Å². The average molecular weight is 312 g/mol. The standard InChI is InChI=1S/C16H22ClNO3/c1-4-16(3)13(9-14(16)21-5-2)18-10-6-7-12(17)11(8-10)15(19)20/h6-8,13-14,18H,4-5,9H2,1-3H3,(H,19,20). The first-order chi connectivity index (χ1) is 9.92. The minimum Gasteiger partial charge on any atom is -0.478 e. The number of ether oxygens (including phenoxy) is 1. The van der Waals surface area contributed by atoms with Gasteiger partial charge in [0.25, 0.3) is 0 Å². The van der Waals surface area contributed by atoms with Gasteiger partial charge in [0.15, 0.2) is 0 Å². The quantitative estimate of drug-likeness (QED) is 0.832. The molecule has 3 atom stereocenters. The summed E-state index contributed by atoms with van der Waals surface area (Å²) in [6.45, 7) is 7.10. The molecule has 0 bridgehead atoms. The van der Waals surface area contributed by atoms with Crippen molar-refractivity contribution in [3.63, 3.8) is 0 Å². The summed E-state index contributed by atoms with van der Waals surface area (Å²) in [6.07, 6.45) is 2.20. The lowest BCUT2D eigenvalue weighted by atomic mass is 9.61. The zero-order chi connectivity index (χ0) is 15.6. The summed E-state index contributed by atoms with van der Waals surface area (Å²) in [5.74, 6) is -1.01. The van der Waals surface area contributed by atoms with E-state index in [0.29, 0.717) is 0 Å². The summed E-state index contributed by atoms with van der Waals surface area (Å²) in [7, 11) is 0. The topological polar surface area (TPSA) is 58.6 Å². The molecule has 0 spiro atoms. The van der Waals surface area contributed by atoms with Crippen molar-refractivity contribution >= 4 is 23.3 Å². The van der Waals surface area contributed by atoms with Crippen LogP contribution in [0.5, 0.6) is 0 Å². The van der Waals surface area contributed by atoms with Gasteiger partial charge in [0, 0.05) is 23.8 Å². The predicted octanol–water partition coefficient (Wildman–Crippen LogP) is 4.04. The van der Waals surface area contributed by atoms with Gasteiger partial charge < -0.3 is 15.2 Å². The Kier molecular flexibility index (Phi) is 4.79. The fourth-order valence-corrected chi connectivity index (χ4v) is 3.15. The first-order valence-electron chi connectivity index (χ1n) is 7.33. The van der Waals surface area contributed by atoms with Crippen LogP contribution < -0.4 is 5.32 Å². The van der Waals surface area contributed by atoms with Crippen LogP contribution >= 0.6 is 11.6 Å². The first kappa shape index (κ1) is 16.1. The van der Waals surface area contributed by atoms with Crippen LogP contribution in [0.2, 0.25) is 5.02 Å². The Labute approximate surface area is 130 Å². The minimum atomic E-state index is -1.01. The molecule has 0 amide bonds. The van der Waals surface area contributed by atoms with E-state index in [1.54, 1.807) is 12.1 Å². The maximum absolute atomic E-state index is 11.1. The molecule has 0 saturated heterocycles. The van der Waals surface area contributed by atoms with Crippen LogP contribution in [0, 0.1) is 5.41 Å². The number of benzene rings is 1. The second-order valence-electron chi connectivity index (χ2n) is 5.74. The molecule has 2 rings (SSSR count). The second-order valence-corrected chi connectivity index (χ2v) is 6.14. The maximum Gasteiger partial charge on any atom is 0.337 e. The van der Waals surface area contributed by atoms with Crippen molar-refractivity contribution in [2.75, 3.05) is 11.9 Å². The number of carbonyl (C=O) groups is 1. The Balaban J connectivity index is 2.12. The Morgan fingerprint density at radius 1 is 1.52 bits per heavy atom. The van der Waals surface area contributed by atoms with Gasteiger partial charge in [-0.15, -0.1) is 0 Å². The van der Waals surface area contributed by atoms with E-state index >= 15 is 0 Å². The maximum atomic E-state index is 11.1. The Bertz CT molecular complexity index is 534. The second kappa shape index (κ2) is 6.24. The summed E-state index contributed by atoms with van der Waals surface area (Å²) in [5, 5.41) is 12.8. The van der Waals surface area contributed by atoms with Crippen LogP contribution in [0.4, 0.5) is 5.69 Å². The van der Waals surface area contributed by atoms with Gasteiger partial charge in [0.05, 0.1) is 16.7 Å². The van der Waals surface area contributed by atoms with E-state index in [9.17, 15) is 4.79 Å². The van der Waals surface area contributed by atoms with Gasteiger partial charge in [-0.2, -0.15) is 0 Å². The van der Waals surface area contributed by atoms with Crippen molar-refractivity contribution in [3.05, 3.63) is 28.8 Å². The third kappa shape index (κ3) is 3.01. The molecule has 1 aliphatic rings. The Morgan fingerprint density at radius 3 is 2.81 bits per heavy atom. The van der Waals surface area contributed by atoms with Gasteiger partial charge in [-0.3, -0.25) is 0 Å². The van der Waals surface area contributed by atoms with E-state index in [4.69, 9.17) is 21.4 Å². The third-order valence-electron chi connectivity index (χ3n) is 4.65. The average Bonchev–Trinajstić information content (AvgIpc) is 2.46. The van der Waals surface area contributed by atoms with Gasteiger partial charge in [0.1, 0.15) is 0 Å². The van der Waals surface area contributed by atoms with Crippen LogP contribution in [-0.2, 0) is 4.74 Å². The fourth-order valence-electron chi connectivity index (χ4n) is 2.95. The highest BCUT2D eigenvalue weighted by Crippen LogP contribution is 2.47. The van der Waals surface area contributed by atoms with Gasteiger partial charge in [-0.1, -0.05) is 25.4 Å². The highest BCUT2D eigenvalue weighted by atomic mass is 35.5. The predicted molar refractivity (Wildman–Crippen MR) is 84.3 cm³/mol. The number of hydrogen-bond donors (Lipinski definition) is 2. The molecule has 21 heavy (non-hydrogen) atoms. The van der Waals surface area contributed by atoms with Gasteiger partial charge in [-0.25, -0.2) is 4.79 Å². The molecule has 2 N–H and O–H groups in total. The number of anilines is 1. The molecule has 0 aromatic heterocycles. The normalized spacial score (nSPS) is 28.0. The van der Waals surface area contributed by atoms with Crippen molar-refractivity contribution < 1.29 is 14.6 Å². The lowest BCUT2D eigenvalue weighted by Crippen LogP contribution is -2.59. The zero-order valence-electron chi connectivity index (χ0n) is 12.6. The minimum absolute atomic E-state index is 0.0685. The van der Waals surface area contributed by atoms with Gasteiger partial charge in [-0.05, 0) is 38.0 Å². The van der Waals surface area contributed by atoms with E-state index in [2.05, 4.69) is 19.2 Å². The molecule has 1 aromatic carbocycles. The Hall–Kier alpha value is -1.26. The third-order valence-corrected chi connectivity index (χ3v) is 4.98. The van der Waals surface area contributed by atoms with Gasteiger partial charge in [0.2, 0.25) is 0 Å². The molecular weight excluding hydrogens is 290 g/mol. The summed E-state index contributed by atoms with van der Waals surface area (Å²) in [5.41, 5.74) is 0.982. The van der Waals surface area contributed by atoms with Crippen molar-refractivity contribution in [1.82, 2.24) is 0 Å². The lowest BCUT2D eigenvalue weighted by Gasteiger charge is -2.54. The van der Waals surface area contributed by atoms with Crippen molar-refractivity contribution in [3.8, 4) is 0 Å². The molecule has 1 saturated carbocycles. The lowest BCUT2D eigenvalue weighted by molar-refractivity contribution is -0.109. The monoisotopic (exact) mass is 311 g/mol. The molecule has 0 aliphatic heterocycles. The molecule has 116 valence electrons. The van der Waals surface area contributed by atoms with Crippen molar-refractivity contribution in [1.29, 1.82) is 0 Å². The number of rotatable bonds is 6. The molecule has 3 unspecified atom stereocenters. The first-order valence-corrected chi connectivity index (χ1v) is 7.71. The molecular formula is C16H22ClNO3. The zero-order valence-corrected chi connectivity index (χ0v) is 13.4. The van der Waals surface area contributed by atoms with Crippen LogP contribution in [0.3, 0.4) is 0 Å². The Morgan fingerprint density at radius 2 is 2.24 bits per heavy atom. The summed E-state index contributed by atoms with van der Waals surface area (Å²) in [4.78, 5) is 11.1. The summed E-state index contributed by atoms with van der Waals surface area (Å²) in [6, 6.07) is 5.31. The smallest absolute Gasteiger partial charge is 0.337 e. The highest BCUT2D eigenvalue weighted by Gasteiger charge is 2.51. The van der Waals surface area contributed by atoms with E-state index in [1.165, 1.54) is 0 Å². The number of halogens is 1. The molecule has 1 fully saturated rings. The van der Waals surface area contributed by atoms with E-state index in [0.717, 1.165) is 25.1 Å². The SMILES string of the molecule is CCOC1CC(Nc2ccc(Cl)c(C(=O)O)c2)C1(C)CC. The number of aromatic carboxylic acids is 1. The highest BCUT2D eigenvalue weighted by molar-refractivity contribution is 6.33. The molecule has 1 aromatic rings. The van der Waals surface area contributed by atoms with Crippen molar-refractivity contribution in [2.24, 2.45) is 5.41 Å². The van der Waals surface area contributed by atoms with Crippen LogP contribution in [0.25, 0.3) is 0 Å². The number of carboxylic acid groups (broad SMARTS) is 1. The van der Waals surface area contributed by atoms with Gasteiger partial charge >= 0.3 is 5.97 Å². The number of nitrogens with one attached hydrogen (secondary N) is 1. The molecule has 5 heteroatoms. The van der Waals surface area contributed by atoms with E-state index < -0.39 is 5.97 Å². The largest absolute Gasteiger partial charge is 0.478 e. The van der Waals surface area contributed by atoms with Crippen LogP contribution in [-0.4, -0.2) is 29.8 Å². The number of carboxylic acids is 1. The molecule has 1 aliphatic carbocycles. The fraction of sp³-hybridized carbons (Fsp3) is 0.562. The summed E-state index contributed by atoms with van der Waals surface area (Å²) >= 11 is 5.89. The number of hydrogen-bond acceptors (Lipinski definition) is 3.